The molecule has 0 atom stereocenters. The van der Waals surface area contributed by atoms with Crippen molar-refractivity contribution in [3.05, 3.63) is 48.0 Å². The third-order valence-electron chi connectivity index (χ3n) is 4.45. The third kappa shape index (κ3) is 5.30. The highest BCUT2D eigenvalue weighted by molar-refractivity contribution is 5.87. The lowest BCUT2D eigenvalue weighted by molar-refractivity contribution is -0.126. The van der Waals surface area contributed by atoms with Gasteiger partial charge in [-0.15, -0.1) is 0 Å². The zero-order valence-electron chi connectivity index (χ0n) is 13.9. The van der Waals surface area contributed by atoms with E-state index in [9.17, 15) is 4.79 Å². The number of piperidine rings is 1. The zero-order chi connectivity index (χ0) is 15.8. The number of benzene rings is 1. The number of nitrogens with zero attached hydrogens (tertiary/aromatic N) is 2. The smallest absolute Gasteiger partial charge is 0.246 e. The molecule has 1 aliphatic heterocycles. The van der Waals surface area contributed by atoms with E-state index in [1.165, 1.54) is 18.4 Å². The maximum Gasteiger partial charge on any atom is 0.246 e. The van der Waals surface area contributed by atoms with Crippen molar-refractivity contribution in [3.63, 3.8) is 0 Å². The average Bonchev–Trinajstić information content (AvgIpc) is 2.54. The summed E-state index contributed by atoms with van der Waals surface area (Å²) < 4.78 is 0. The fourth-order valence-electron chi connectivity index (χ4n) is 3.00. The van der Waals surface area contributed by atoms with Gasteiger partial charge < -0.3 is 9.80 Å². The molecule has 0 N–H and O–H groups in total. The van der Waals surface area contributed by atoms with E-state index in [0.29, 0.717) is 5.92 Å². The van der Waals surface area contributed by atoms with Crippen LogP contribution >= 0.6 is 0 Å². The summed E-state index contributed by atoms with van der Waals surface area (Å²) in [6, 6.07) is 10.4. The summed E-state index contributed by atoms with van der Waals surface area (Å²) in [5, 5.41) is 0. The minimum atomic E-state index is 0.150. The summed E-state index contributed by atoms with van der Waals surface area (Å²) in [6.45, 7) is 5.90. The molecule has 2 rings (SSSR count). The van der Waals surface area contributed by atoms with Crippen LogP contribution in [0.25, 0.3) is 0 Å². The second kappa shape index (κ2) is 8.74. The molecule has 1 saturated heterocycles. The number of carbonyl (C=O) groups is 1. The Hall–Kier alpha value is -1.61. The first kappa shape index (κ1) is 16.8. The molecule has 1 amide bonds. The van der Waals surface area contributed by atoms with Gasteiger partial charge in [0, 0.05) is 13.1 Å². The standard InChI is InChI=1S/C19H28N2O/c1-3-7-19(22)21(15-12-17-8-5-4-6-9-17)16-18-10-13-20(2)14-11-18/h3-9,18H,10-16H2,1-2H3/b7-3+. The molecule has 0 aliphatic carbocycles. The van der Waals surface area contributed by atoms with Gasteiger partial charge in [-0.05, 0) is 63.9 Å². The molecule has 0 aromatic heterocycles. The molecule has 1 aliphatic rings. The Bertz CT molecular complexity index is 475. The number of likely N-dealkylation sites (tertiary alicyclic amines) is 1. The Morgan fingerprint density at radius 3 is 2.59 bits per heavy atom. The van der Waals surface area contributed by atoms with Crippen molar-refractivity contribution in [3.8, 4) is 0 Å². The van der Waals surface area contributed by atoms with Crippen molar-refractivity contribution in [1.29, 1.82) is 0 Å². The van der Waals surface area contributed by atoms with Gasteiger partial charge in [-0.25, -0.2) is 0 Å². The number of carbonyl (C=O) groups excluding carboxylic acids is 1. The molecule has 120 valence electrons. The fraction of sp³-hybridized carbons (Fsp3) is 0.526. The van der Waals surface area contributed by atoms with Crippen molar-refractivity contribution < 1.29 is 4.79 Å². The van der Waals surface area contributed by atoms with E-state index in [4.69, 9.17) is 0 Å². The fourth-order valence-corrected chi connectivity index (χ4v) is 3.00. The first-order valence-electron chi connectivity index (χ1n) is 8.33. The lowest BCUT2D eigenvalue weighted by atomic mass is 9.96. The van der Waals surface area contributed by atoms with E-state index < -0.39 is 0 Å². The summed E-state index contributed by atoms with van der Waals surface area (Å²) >= 11 is 0. The number of amides is 1. The van der Waals surface area contributed by atoms with E-state index in [1.54, 1.807) is 6.08 Å². The predicted molar refractivity (Wildman–Crippen MR) is 91.8 cm³/mol. The molecule has 0 radical (unpaired) electrons. The van der Waals surface area contributed by atoms with Gasteiger partial charge in [-0.1, -0.05) is 36.4 Å². The molecule has 1 aromatic carbocycles. The molecule has 1 heterocycles. The number of rotatable bonds is 6. The van der Waals surface area contributed by atoms with Gasteiger partial charge in [0.1, 0.15) is 0 Å². The normalized spacial score (nSPS) is 17.0. The van der Waals surface area contributed by atoms with Gasteiger partial charge >= 0.3 is 0 Å². The van der Waals surface area contributed by atoms with E-state index in [1.807, 2.05) is 24.0 Å². The minimum absolute atomic E-state index is 0.150. The summed E-state index contributed by atoms with van der Waals surface area (Å²) in [6.07, 6.45) is 6.85. The highest BCUT2D eigenvalue weighted by Crippen LogP contribution is 2.18. The second-order valence-electron chi connectivity index (χ2n) is 6.27. The van der Waals surface area contributed by atoms with Crippen molar-refractivity contribution in [2.24, 2.45) is 5.92 Å². The SMILES string of the molecule is C/C=C/C(=O)N(CCc1ccccc1)CC1CCN(C)CC1. The predicted octanol–water partition coefficient (Wildman–Crippen LogP) is 2.98. The Morgan fingerprint density at radius 1 is 1.27 bits per heavy atom. The van der Waals surface area contributed by atoms with Crippen molar-refractivity contribution in [2.45, 2.75) is 26.2 Å². The maximum absolute atomic E-state index is 12.3. The van der Waals surface area contributed by atoms with E-state index in [2.05, 4.69) is 36.2 Å². The zero-order valence-corrected chi connectivity index (χ0v) is 13.9. The van der Waals surface area contributed by atoms with Gasteiger partial charge in [-0.2, -0.15) is 0 Å². The molecule has 0 spiro atoms. The van der Waals surface area contributed by atoms with Gasteiger partial charge in [-0.3, -0.25) is 4.79 Å². The Kier molecular flexibility index (Phi) is 6.66. The molecule has 0 unspecified atom stereocenters. The van der Waals surface area contributed by atoms with E-state index in [0.717, 1.165) is 32.6 Å². The monoisotopic (exact) mass is 300 g/mol. The first-order valence-corrected chi connectivity index (χ1v) is 8.33. The first-order chi connectivity index (χ1) is 10.7. The van der Waals surface area contributed by atoms with Crippen LogP contribution in [0.1, 0.15) is 25.3 Å². The molecule has 1 fully saturated rings. The second-order valence-corrected chi connectivity index (χ2v) is 6.27. The highest BCUT2D eigenvalue weighted by Gasteiger charge is 2.21. The Morgan fingerprint density at radius 2 is 1.95 bits per heavy atom. The lowest BCUT2D eigenvalue weighted by Gasteiger charge is -2.33. The van der Waals surface area contributed by atoms with E-state index in [-0.39, 0.29) is 5.91 Å². The molecule has 22 heavy (non-hydrogen) atoms. The van der Waals surface area contributed by atoms with Crippen LogP contribution in [0, 0.1) is 5.92 Å². The molecular formula is C19H28N2O. The van der Waals surface area contributed by atoms with Gasteiger partial charge in [0.15, 0.2) is 0 Å². The van der Waals surface area contributed by atoms with Gasteiger partial charge in [0.05, 0.1) is 0 Å². The quantitative estimate of drug-likeness (QED) is 0.754. The third-order valence-corrected chi connectivity index (χ3v) is 4.45. The molecular weight excluding hydrogens is 272 g/mol. The summed E-state index contributed by atoms with van der Waals surface area (Å²) in [7, 11) is 2.17. The van der Waals surface area contributed by atoms with Crippen molar-refractivity contribution >= 4 is 5.91 Å². The lowest BCUT2D eigenvalue weighted by Crippen LogP contribution is -2.40. The van der Waals surface area contributed by atoms with Crippen molar-refractivity contribution in [2.75, 3.05) is 33.2 Å². The largest absolute Gasteiger partial charge is 0.339 e. The topological polar surface area (TPSA) is 23.6 Å². The van der Waals surface area contributed by atoms with Crippen LogP contribution in [0.2, 0.25) is 0 Å². The van der Waals surface area contributed by atoms with Crippen molar-refractivity contribution in [1.82, 2.24) is 9.80 Å². The van der Waals surface area contributed by atoms with Crippen LogP contribution in [0.15, 0.2) is 42.5 Å². The Labute approximate surface area is 134 Å². The minimum Gasteiger partial charge on any atom is -0.339 e. The number of hydrogen-bond acceptors (Lipinski definition) is 2. The van der Waals surface area contributed by atoms with Crippen LogP contribution in [0.5, 0.6) is 0 Å². The number of hydrogen-bond donors (Lipinski definition) is 0. The Balaban J connectivity index is 1.92. The van der Waals surface area contributed by atoms with E-state index >= 15 is 0 Å². The maximum atomic E-state index is 12.3. The molecule has 3 nitrogen and oxygen atoms in total. The van der Waals surface area contributed by atoms with Crippen LogP contribution < -0.4 is 0 Å². The summed E-state index contributed by atoms with van der Waals surface area (Å²) in [5.41, 5.74) is 1.30. The molecule has 1 aromatic rings. The van der Waals surface area contributed by atoms with Gasteiger partial charge in [0.2, 0.25) is 5.91 Å². The van der Waals surface area contributed by atoms with Crippen LogP contribution in [-0.4, -0.2) is 48.9 Å². The van der Waals surface area contributed by atoms with Crippen LogP contribution in [-0.2, 0) is 11.2 Å². The molecule has 0 bridgehead atoms. The summed E-state index contributed by atoms with van der Waals surface area (Å²) in [5.74, 6) is 0.790. The molecule has 3 heteroatoms. The van der Waals surface area contributed by atoms with Crippen LogP contribution in [0.4, 0.5) is 0 Å². The number of allylic oxidation sites excluding steroid dienone is 1. The van der Waals surface area contributed by atoms with Gasteiger partial charge in [0.25, 0.3) is 0 Å². The van der Waals surface area contributed by atoms with Crippen LogP contribution in [0.3, 0.4) is 0 Å². The molecule has 0 saturated carbocycles. The summed E-state index contributed by atoms with van der Waals surface area (Å²) in [4.78, 5) is 16.7. The average molecular weight is 300 g/mol. The highest BCUT2D eigenvalue weighted by atomic mass is 16.2.